The summed E-state index contributed by atoms with van der Waals surface area (Å²) < 4.78 is 0. The van der Waals surface area contributed by atoms with Crippen LogP contribution in [0.3, 0.4) is 0 Å². The maximum atomic E-state index is 10.1. The van der Waals surface area contributed by atoms with E-state index in [-0.39, 0.29) is 6.04 Å². The van der Waals surface area contributed by atoms with Crippen molar-refractivity contribution in [3.63, 3.8) is 0 Å². The van der Waals surface area contributed by atoms with Gasteiger partial charge in [-0.15, -0.1) is 6.58 Å². The Morgan fingerprint density at radius 1 is 1.40 bits per heavy atom. The molecule has 0 bridgehead atoms. The topological polar surface area (TPSA) is 32.3 Å². The van der Waals surface area contributed by atoms with Crippen LogP contribution in [0.1, 0.15) is 25.0 Å². The van der Waals surface area contributed by atoms with Crippen molar-refractivity contribution in [2.24, 2.45) is 0 Å². The van der Waals surface area contributed by atoms with E-state index >= 15 is 0 Å². The first-order valence-corrected chi connectivity index (χ1v) is 5.38. The van der Waals surface area contributed by atoms with Gasteiger partial charge in [0.2, 0.25) is 0 Å². The van der Waals surface area contributed by atoms with Crippen molar-refractivity contribution in [3.8, 4) is 0 Å². The fourth-order valence-corrected chi connectivity index (χ4v) is 1.49. The first-order valence-electron chi connectivity index (χ1n) is 5.38. The minimum absolute atomic E-state index is 0.0765. The van der Waals surface area contributed by atoms with Crippen LogP contribution in [0.2, 0.25) is 0 Å². The van der Waals surface area contributed by atoms with E-state index in [1.165, 1.54) is 0 Å². The van der Waals surface area contributed by atoms with Gasteiger partial charge in [0.15, 0.2) is 0 Å². The average Bonchev–Trinajstić information content (AvgIpc) is 2.31. The second kappa shape index (κ2) is 6.38. The Labute approximate surface area is 91.6 Å². The molecule has 0 fully saturated rings. The van der Waals surface area contributed by atoms with E-state index in [0.29, 0.717) is 0 Å². The molecule has 2 heteroatoms. The van der Waals surface area contributed by atoms with Gasteiger partial charge in [-0.25, -0.2) is 0 Å². The Morgan fingerprint density at radius 2 is 2.07 bits per heavy atom. The Balaban J connectivity index is 2.64. The van der Waals surface area contributed by atoms with E-state index in [1.807, 2.05) is 30.3 Å². The summed E-state index contributed by atoms with van der Waals surface area (Å²) in [6.45, 7) is 6.73. The normalized spacial score (nSPS) is 14.5. The van der Waals surface area contributed by atoms with Crippen LogP contribution in [-0.2, 0) is 0 Å². The maximum Gasteiger partial charge on any atom is 0.0978 e. The van der Waals surface area contributed by atoms with Crippen molar-refractivity contribution in [3.05, 3.63) is 48.6 Å². The minimum atomic E-state index is -0.518. The van der Waals surface area contributed by atoms with E-state index in [1.54, 1.807) is 6.08 Å². The summed E-state index contributed by atoms with van der Waals surface area (Å²) >= 11 is 0. The number of nitrogens with one attached hydrogen (secondary N) is 1. The Bertz CT molecular complexity index is 284. The van der Waals surface area contributed by atoms with Crippen LogP contribution in [0.25, 0.3) is 0 Å². The van der Waals surface area contributed by atoms with E-state index < -0.39 is 6.10 Å². The molecule has 0 unspecified atom stereocenters. The van der Waals surface area contributed by atoms with Gasteiger partial charge in [-0.1, -0.05) is 43.3 Å². The molecular formula is C13H19NO. The number of aliphatic hydroxyl groups is 1. The molecular weight excluding hydrogens is 186 g/mol. The molecule has 0 aliphatic heterocycles. The molecule has 2 N–H and O–H groups in total. The van der Waals surface area contributed by atoms with Gasteiger partial charge < -0.3 is 10.4 Å². The molecule has 0 spiro atoms. The first kappa shape index (κ1) is 12.0. The van der Waals surface area contributed by atoms with Crippen LogP contribution in [0.5, 0.6) is 0 Å². The SMILES string of the molecule is C=C[C@@H](NCCC)[C@@H](O)c1ccccc1. The van der Waals surface area contributed by atoms with E-state index in [9.17, 15) is 5.11 Å². The zero-order valence-corrected chi connectivity index (χ0v) is 9.19. The van der Waals surface area contributed by atoms with Crippen molar-refractivity contribution in [2.75, 3.05) is 6.54 Å². The highest BCUT2D eigenvalue weighted by atomic mass is 16.3. The van der Waals surface area contributed by atoms with Gasteiger partial charge in [-0.3, -0.25) is 0 Å². The lowest BCUT2D eigenvalue weighted by Gasteiger charge is -2.21. The van der Waals surface area contributed by atoms with E-state index in [0.717, 1.165) is 18.5 Å². The lowest BCUT2D eigenvalue weighted by Crippen LogP contribution is -2.33. The summed E-state index contributed by atoms with van der Waals surface area (Å²) in [6.07, 6.45) is 2.29. The van der Waals surface area contributed by atoms with E-state index in [2.05, 4.69) is 18.8 Å². The summed E-state index contributed by atoms with van der Waals surface area (Å²) in [6, 6.07) is 9.58. The molecule has 2 atom stereocenters. The quantitative estimate of drug-likeness (QED) is 0.698. The number of hydrogen-bond acceptors (Lipinski definition) is 2. The van der Waals surface area contributed by atoms with Crippen LogP contribution in [0.4, 0.5) is 0 Å². The predicted molar refractivity (Wildman–Crippen MR) is 63.7 cm³/mol. The van der Waals surface area contributed by atoms with Gasteiger partial charge in [0, 0.05) is 0 Å². The monoisotopic (exact) mass is 205 g/mol. The Hall–Kier alpha value is -1.12. The fourth-order valence-electron chi connectivity index (χ4n) is 1.49. The standard InChI is InChI=1S/C13H19NO/c1-3-10-14-12(4-2)13(15)11-8-6-5-7-9-11/h4-9,12-15H,2-3,10H2,1H3/t12-,13+/m1/s1. The summed E-state index contributed by atoms with van der Waals surface area (Å²) in [5, 5.41) is 13.3. The van der Waals surface area contributed by atoms with E-state index in [4.69, 9.17) is 0 Å². The Kier molecular flexibility index (Phi) is 5.08. The van der Waals surface area contributed by atoms with Crippen molar-refractivity contribution in [2.45, 2.75) is 25.5 Å². The summed E-state index contributed by atoms with van der Waals surface area (Å²) in [5.41, 5.74) is 0.922. The predicted octanol–water partition coefficient (Wildman–Crippen LogP) is 2.27. The summed E-state index contributed by atoms with van der Waals surface area (Å²) in [4.78, 5) is 0. The second-order valence-corrected chi connectivity index (χ2v) is 3.57. The first-order chi connectivity index (χ1) is 7.29. The highest BCUT2D eigenvalue weighted by Gasteiger charge is 2.16. The molecule has 0 aliphatic rings. The van der Waals surface area contributed by atoms with Crippen molar-refractivity contribution < 1.29 is 5.11 Å². The average molecular weight is 205 g/mol. The summed E-state index contributed by atoms with van der Waals surface area (Å²) in [7, 11) is 0. The molecule has 2 nitrogen and oxygen atoms in total. The zero-order valence-electron chi connectivity index (χ0n) is 9.19. The number of hydrogen-bond donors (Lipinski definition) is 2. The molecule has 0 aliphatic carbocycles. The van der Waals surface area contributed by atoms with Crippen molar-refractivity contribution in [1.82, 2.24) is 5.32 Å². The lowest BCUT2D eigenvalue weighted by atomic mass is 10.0. The molecule has 1 aromatic carbocycles. The molecule has 0 radical (unpaired) electrons. The van der Waals surface area contributed by atoms with Crippen LogP contribution >= 0.6 is 0 Å². The molecule has 1 aromatic rings. The van der Waals surface area contributed by atoms with Crippen LogP contribution in [0.15, 0.2) is 43.0 Å². The van der Waals surface area contributed by atoms with Gasteiger partial charge in [0.1, 0.15) is 0 Å². The third kappa shape index (κ3) is 3.50. The molecule has 0 saturated heterocycles. The molecule has 0 heterocycles. The fraction of sp³-hybridized carbons (Fsp3) is 0.385. The molecule has 82 valence electrons. The lowest BCUT2D eigenvalue weighted by molar-refractivity contribution is 0.148. The zero-order chi connectivity index (χ0) is 11.1. The largest absolute Gasteiger partial charge is 0.386 e. The third-order valence-corrected chi connectivity index (χ3v) is 2.37. The van der Waals surface area contributed by atoms with Crippen LogP contribution < -0.4 is 5.32 Å². The number of benzene rings is 1. The molecule has 0 amide bonds. The number of rotatable bonds is 6. The molecule has 1 rings (SSSR count). The molecule has 0 saturated carbocycles. The number of aliphatic hydroxyl groups excluding tert-OH is 1. The molecule has 15 heavy (non-hydrogen) atoms. The van der Waals surface area contributed by atoms with Gasteiger partial charge in [0.05, 0.1) is 12.1 Å². The minimum Gasteiger partial charge on any atom is -0.386 e. The van der Waals surface area contributed by atoms with Crippen molar-refractivity contribution >= 4 is 0 Å². The van der Waals surface area contributed by atoms with Crippen LogP contribution in [0, 0.1) is 0 Å². The van der Waals surface area contributed by atoms with Gasteiger partial charge in [0.25, 0.3) is 0 Å². The van der Waals surface area contributed by atoms with Gasteiger partial charge in [-0.2, -0.15) is 0 Å². The smallest absolute Gasteiger partial charge is 0.0978 e. The highest BCUT2D eigenvalue weighted by molar-refractivity contribution is 5.20. The summed E-state index contributed by atoms with van der Waals surface area (Å²) in [5.74, 6) is 0. The van der Waals surface area contributed by atoms with Crippen molar-refractivity contribution in [1.29, 1.82) is 0 Å². The van der Waals surface area contributed by atoms with Gasteiger partial charge >= 0.3 is 0 Å². The molecule has 0 aromatic heterocycles. The van der Waals surface area contributed by atoms with Gasteiger partial charge in [-0.05, 0) is 18.5 Å². The second-order valence-electron chi connectivity index (χ2n) is 3.57. The maximum absolute atomic E-state index is 10.1. The highest BCUT2D eigenvalue weighted by Crippen LogP contribution is 2.16. The third-order valence-electron chi connectivity index (χ3n) is 2.37. The Morgan fingerprint density at radius 3 is 2.60 bits per heavy atom. The van der Waals surface area contributed by atoms with Crippen LogP contribution in [-0.4, -0.2) is 17.7 Å².